The number of carbonyl (C=O) groups excluding carboxylic acids is 3. The van der Waals surface area contributed by atoms with Gasteiger partial charge in [0.1, 0.15) is 5.82 Å². The van der Waals surface area contributed by atoms with Crippen molar-refractivity contribution in [1.29, 1.82) is 0 Å². The molecule has 10 nitrogen and oxygen atoms in total. The van der Waals surface area contributed by atoms with Crippen molar-refractivity contribution in [3.05, 3.63) is 61.9 Å². The summed E-state index contributed by atoms with van der Waals surface area (Å²) in [7, 11) is 1.19. The quantitative estimate of drug-likeness (QED) is 0.280. The van der Waals surface area contributed by atoms with Crippen molar-refractivity contribution in [2.45, 2.75) is 37.9 Å². The summed E-state index contributed by atoms with van der Waals surface area (Å²) in [4.78, 5) is 50.4. The highest BCUT2D eigenvalue weighted by Gasteiger charge is 2.49. The van der Waals surface area contributed by atoms with Crippen LogP contribution in [0.25, 0.3) is 0 Å². The normalized spacial score (nSPS) is 20.3. The lowest BCUT2D eigenvalue weighted by Crippen LogP contribution is -2.40. The predicted molar refractivity (Wildman–Crippen MR) is 116 cm³/mol. The molecule has 0 aliphatic carbocycles. The highest BCUT2D eigenvalue weighted by Crippen LogP contribution is 2.49. The van der Waals surface area contributed by atoms with Crippen molar-refractivity contribution in [2.24, 2.45) is 5.73 Å². The summed E-state index contributed by atoms with van der Waals surface area (Å²) in [6.45, 7) is 3.75. The van der Waals surface area contributed by atoms with Crippen molar-refractivity contribution >= 4 is 35.3 Å². The van der Waals surface area contributed by atoms with Gasteiger partial charge in [0.15, 0.2) is 0 Å². The number of nitrogens with two attached hydrogens (primary N) is 1. The lowest BCUT2D eigenvalue weighted by molar-refractivity contribution is -0.384. The number of benzene rings is 1. The molecule has 11 heteroatoms. The number of esters is 2. The first-order valence-electron chi connectivity index (χ1n) is 9.97. The number of non-ortho nitro benzene ring substituents is 1. The molecule has 0 radical (unpaired) electrons. The minimum Gasteiger partial charge on any atom is -0.466 e. The summed E-state index contributed by atoms with van der Waals surface area (Å²) >= 11 is 1.14. The second-order valence-electron chi connectivity index (χ2n) is 7.21. The molecule has 1 aromatic carbocycles. The van der Waals surface area contributed by atoms with Crippen LogP contribution in [0.3, 0.4) is 0 Å². The van der Waals surface area contributed by atoms with Crippen LogP contribution in [0.2, 0.25) is 0 Å². The summed E-state index contributed by atoms with van der Waals surface area (Å²) in [5, 5.41) is 10.8. The number of nitro groups is 1. The van der Waals surface area contributed by atoms with Crippen LogP contribution in [0.4, 0.5) is 5.69 Å². The van der Waals surface area contributed by atoms with Gasteiger partial charge in [-0.3, -0.25) is 19.8 Å². The largest absolute Gasteiger partial charge is 0.466 e. The van der Waals surface area contributed by atoms with Crippen LogP contribution < -0.4 is 5.73 Å². The Balaban J connectivity index is 2.21. The Morgan fingerprint density at radius 3 is 2.44 bits per heavy atom. The summed E-state index contributed by atoms with van der Waals surface area (Å²) < 4.78 is 10.3. The number of fused-ring (bicyclic) bond motifs is 1. The van der Waals surface area contributed by atoms with E-state index in [1.807, 2.05) is 6.92 Å². The van der Waals surface area contributed by atoms with Crippen molar-refractivity contribution < 1.29 is 28.8 Å². The molecular weight excluding hydrogens is 438 g/mol. The fourth-order valence-electron chi connectivity index (χ4n) is 3.55. The van der Waals surface area contributed by atoms with Crippen LogP contribution in [-0.2, 0) is 23.9 Å². The number of methoxy groups -OCH3 is 1. The second kappa shape index (κ2) is 9.43. The van der Waals surface area contributed by atoms with Gasteiger partial charge < -0.3 is 15.2 Å². The van der Waals surface area contributed by atoms with E-state index in [1.165, 1.54) is 31.4 Å². The monoisotopic (exact) mass is 461 g/mol. The number of hydrogen-bond donors (Lipinski definition) is 1. The van der Waals surface area contributed by atoms with Crippen molar-refractivity contribution in [1.82, 2.24) is 4.90 Å². The van der Waals surface area contributed by atoms with E-state index in [2.05, 4.69) is 0 Å². The number of ether oxygens (including phenoxy) is 2. The summed E-state index contributed by atoms with van der Waals surface area (Å²) in [6, 6.07) is 5.43. The zero-order valence-corrected chi connectivity index (χ0v) is 18.6. The molecule has 2 aliphatic heterocycles. The van der Waals surface area contributed by atoms with Gasteiger partial charge in [0.05, 0.1) is 46.0 Å². The minimum absolute atomic E-state index is 0.0562. The maximum Gasteiger partial charge on any atom is 0.338 e. The highest BCUT2D eigenvalue weighted by atomic mass is 32.2. The van der Waals surface area contributed by atoms with Gasteiger partial charge in [0.2, 0.25) is 5.91 Å². The van der Waals surface area contributed by atoms with E-state index in [9.17, 15) is 24.5 Å². The maximum absolute atomic E-state index is 13.1. The number of thioether (sulfide) groups is 1. The number of nitro benzene ring substituents is 1. The molecule has 2 N–H and O–H groups in total. The number of nitrogens with zero attached hydrogens (tertiary/aromatic N) is 2. The molecule has 1 aromatic rings. The average molecular weight is 461 g/mol. The fraction of sp³-hybridized carbons (Fsp3) is 0.381. The van der Waals surface area contributed by atoms with Gasteiger partial charge in [-0.25, -0.2) is 9.59 Å². The number of rotatable bonds is 7. The number of hydrogen-bond acceptors (Lipinski definition) is 9. The van der Waals surface area contributed by atoms with Gasteiger partial charge in [-0.15, -0.1) is 0 Å². The van der Waals surface area contributed by atoms with Crippen LogP contribution in [0.1, 0.15) is 38.2 Å². The minimum atomic E-state index is -1.02. The molecule has 2 atom stereocenters. The Bertz CT molecular complexity index is 1030. The van der Waals surface area contributed by atoms with Gasteiger partial charge in [0, 0.05) is 12.1 Å². The molecule has 2 heterocycles. The zero-order valence-electron chi connectivity index (χ0n) is 17.8. The molecule has 2 aliphatic rings. The maximum atomic E-state index is 13.1. The predicted octanol–water partition coefficient (Wildman–Crippen LogP) is 2.55. The SMILES string of the molecule is CCCCOC(=O)C1=C(N)N2C(=O)[C@@H](C)SC2=C(C(=O)OC)[C@H]1c1ccc([N+](=O)[O-])cc1. The molecule has 0 unspecified atom stereocenters. The summed E-state index contributed by atoms with van der Waals surface area (Å²) in [6.07, 6.45) is 1.42. The van der Waals surface area contributed by atoms with E-state index in [4.69, 9.17) is 15.2 Å². The van der Waals surface area contributed by atoms with E-state index in [0.29, 0.717) is 12.0 Å². The molecular formula is C21H23N3O7S. The standard InChI is InChI=1S/C21H23N3O7S/c1-4-5-10-31-21(27)15-14(12-6-8-13(9-7-12)24(28)29)16(20(26)30-3)19-23(17(15)22)18(25)11(2)32-19/h6-9,11,14H,4-5,10,22H2,1-3H3/t11-,14+/m1/s1. The lowest BCUT2D eigenvalue weighted by atomic mass is 9.82. The summed E-state index contributed by atoms with van der Waals surface area (Å²) in [5.74, 6) is -3.02. The van der Waals surface area contributed by atoms with E-state index in [0.717, 1.165) is 23.1 Å². The molecule has 1 amide bonds. The molecule has 1 fully saturated rings. The van der Waals surface area contributed by atoms with Crippen LogP contribution in [-0.4, -0.2) is 46.6 Å². The molecule has 32 heavy (non-hydrogen) atoms. The topological polar surface area (TPSA) is 142 Å². The van der Waals surface area contributed by atoms with E-state index in [-0.39, 0.29) is 40.2 Å². The Labute approximate surface area is 188 Å². The smallest absolute Gasteiger partial charge is 0.338 e. The van der Waals surface area contributed by atoms with Gasteiger partial charge in [-0.05, 0) is 18.9 Å². The first-order valence-corrected chi connectivity index (χ1v) is 10.8. The van der Waals surface area contributed by atoms with Crippen LogP contribution in [0.5, 0.6) is 0 Å². The van der Waals surface area contributed by atoms with Gasteiger partial charge >= 0.3 is 11.9 Å². The van der Waals surface area contributed by atoms with Gasteiger partial charge in [0.25, 0.3) is 5.69 Å². The van der Waals surface area contributed by atoms with Crippen LogP contribution in [0, 0.1) is 10.1 Å². The number of carbonyl (C=O) groups is 3. The Hall–Kier alpha value is -3.34. The first kappa shape index (κ1) is 23.3. The third-order valence-corrected chi connectivity index (χ3v) is 6.36. The van der Waals surface area contributed by atoms with E-state index in [1.54, 1.807) is 6.92 Å². The number of amides is 1. The third-order valence-electron chi connectivity index (χ3n) is 5.18. The molecule has 3 rings (SSSR count). The van der Waals surface area contributed by atoms with Crippen LogP contribution in [0.15, 0.2) is 46.3 Å². The molecule has 0 aromatic heterocycles. The zero-order chi connectivity index (χ0) is 23.6. The molecule has 0 spiro atoms. The second-order valence-corrected chi connectivity index (χ2v) is 8.54. The van der Waals surface area contributed by atoms with Crippen molar-refractivity contribution in [2.75, 3.05) is 13.7 Å². The molecule has 170 valence electrons. The fourth-order valence-corrected chi connectivity index (χ4v) is 4.71. The Morgan fingerprint density at radius 1 is 1.22 bits per heavy atom. The number of unbranched alkanes of at least 4 members (excludes halogenated alkanes) is 1. The average Bonchev–Trinajstić information content (AvgIpc) is 3.07. The van der Waals surface area contributed by atoms with Crippen molar-refractivity contribution in [3.8, 4) is 0 Å². The lowest BCUT2D eigenvalue weighted by Gasteiger charge is -2.33. The summed E-state index contributed by atoms with van der Waals surface area (Å²) in [5.41, 5.74) is 6.54. The van der Waals surface area contributed by atoms with Crippen LogP contribution >= 0.6 is 11.8 Å². The van der Waals surface area contributed by atoms with Gasteiger partial charge in [-0.2, -0.15) is 0 Å². The van der Waals surface area contributed by atoms with Gasteiger partial charge in [-0.1, -0.05) is 37.2 Å². The Morgan fingerprint density at radius 2 is 1.88 bits per heavy atom. The Kier molecular flexibility index (Phi) is 6.87. The van der Waals surface area contributed by atoms with E-state index >= 15 is 0 Å². The highest BCUT2D eigenvalue weighted by molar-refractivity contribution is 8.04. The van der Waals surface area contributed by atoms with E-state index < -0.39 is 28.0 Å². The third kappa shape index (κ3) is 4.07. The molecule has 0 saturated carbocycles. The first-order chi connectivity index (χ1) is 15.2. The van der Waals surface area contributed by atoms with Crippen molar-refractivity contribution in [3.63, 3.8) is 0 Å². The molecule has 0 bridgehead atoms. The molecule has 1 saturated heterocycles.